The van der Waals surface area contributed by atoms with E-state index in [9.17, 15) is 13.2 Å². The van der Waals surface area contributed by atoms with Crippen LogP contribution in [-0.2, 0) is 10.0 Å². The van der Waals surface area contributed by atoms with Crippen LogP contribution >= 0.6 is 11.6 Å². The normalized spacial score (nSPS) is 16.9. The van der Waals surface area contributed by atoms with Gasteiger partial charge in [0.2, 0.25) is 10.0 Å². The highest BCUT2D eigenvalue weighted by Crippen LogP contribution is 2.29. The van der Waals surface area contributed by atoms with Crippen LogP contribution in [0, 0.1) is 19.8 Å². The van der Waals surface area contributed by atoms with Gasteiger partial charge in [-0.2, -0.15) is 4.31 Å². The molecule has 134 valence electrons. The highest BCUT2D eigenvalue weighted by molar-refractivity contribution is 7.89. The molecule has 0 unspecified atom stereocenters. The van der Waals surface area contributed by atoms with Gasteiger partial charge in [0, 0.05) is 29.6 Å². The van der Waals surface area contributed by atoms with Crippen molar-refractivity contribution >= 4 is 27.4 Å². The van der Waals surface area contributed by atoms with E-state index in [-0.39, 0.29) is 22.4 Å². The molecule has 1 aliphatic heterocycles. The van der Waals surface area contributed by atoms with Crippen LogP contribution in [0.4, 0.5) is 0 Å². The van der Waals surface area contributed by atoms with E-state index in [1.807, 2.05) is 0 Å². The highest BCUT2D eigenvalue weighted by atomic mass is 35.5. The van der Waals surface area contributed by atoms with Gasteiger partial charge in [0.25, 0.3) is 0 Å². The topological polar surface area (TPSA) is 80.5 Å². The number of carbonyl (C=O) groups excluding carboxylic acids is 1. The number of ketones is 1. The average Bonchev–Trinajstić information content (AvgIpc) is 2.94. The summed E-state index contributed by atoms with van der Waals surface area (Å²) in [5.74, 6) is 0.139. The largest absolute Gasteiger partial charge is 0.360 e. The van der Waals surface area contributed by atoms with Crippen LogP contribution in [0.5, 0.6) is 0 Å². The summed E-state index contributed by atoms with van der Waals surface area (Å²) in [4.78, 5) is 12.7. The number of hydrogen-bond donors (Lipinski definition) is 0. The number of benzene rings is 1. The molecule has 0 saturated carbocycles. The Morgan fingerprint density at radius 1 is 1.20 bits per heavy atom. The molecule has 0 N–H and O–H groups in total. The van der Waals surface area contributed by atoms with Crippen LogP contribution in [-0.4, -0.2) is 36.8 Å². The van der Waals surface area contributed by atoms with Gasteiger partial charge >= 0.3 is 0 Å². The van der Waals surface area contributed by atoms with Crippen molar-refractivity contribution in [3.8, 4) is 0 Å². The first kappa shape index (κ1) is 18.1. The van der Waals surface area contributed by atoms with Crippen molar-refractivity contribution < 1.29 is 17.7 Å². The molecule has 1 aliphatic rings. The maximum Gasteiger partial charge on any atom is 0.248 e. The molecule has 1 saturated heterocycles. The molecule has 0 atom stereocenters. The van der Waals surface area contributed by atoms with Gasteiger partial charge in [-0.15, -0.1) is 0 Å². The monoisotopic (exact) mass is 382 g/mol. The van der Waals surface area contributed by atoms with Crippen molar-refractivity contribution in [3.63, 3.8) is 0 Å². The number of rotatable bonds is 4. The Balaban J connectivity index is 1.71. The maximum atomic E-state index is 12.8. The Hall–Kier alpha value is -1.70. The first-order valence-corrected chi connectivity index (χ1v) is 9.85. The molecule has 25 heavy (non-hydrogen) atoms. The lowest BCUT2D eigenvalue weighted by Gasteiger charge is -2.30. The molecule has 2 heterocycles. The molecule has 1 aromatic carbocycles. The Morgan fingerprint density at radius 3 is 2.32 bits per heavy atom. The third-order valence-electron chi connectivity index (χ3n) is 4.52. The minimum absolute atomic E-state index is 0.0334. The van der Waals surface area contributed by atoms with Crippen molar-refractivity contribution in [2.45, 2.75) is 31.6 Å². The van der Waals surface area contributed by atoms with Crippen molar-refractivity contribution in [1.29, 1.82) is 0 Å². The second-order valence-corrected chi connectivity index (χ2v) is 8.51. The van der Waals surface area contributed by atoms with Gasteiger partial charge in [-0.25, -0.2) is 8.42 Å². The Kier molecular flexibility index (Phi) is 4.99. The van der Waals surface area contributed by atoms with Crippen molar-refractivity contribution in [1.82, 2.24) is 9.46 Å². The smallest absolute Gasteiger partial charge is 0.248 e. The highest BCUT2D eigenvalue weighted by Gasteiger charge is 2.35. The van der Waals surface area contributed by atoms with Gasteiger partial charge in [-0.3, -0.25) is 4.79 Å². The molecule has 0 radical (unpaired) electrons. The van der Waals surface area contributed by atoms with Crippen molar-refractivity contribution in [3.05, 3.63) is 46.3 Å². The number of piperidine rings is 1. The number of halogens is 1. The average molecular weight is 383 g/mol. The summed E-state index contributed by atoms with van der Waals surface area (Å²) in [7, 11) is -3.65. The second-order valence-electron chi connectivity index (χ2n) is 6.20. The fraction of sp³-hybridized carbons (Fsp3) is 0.412. The summed E-state index contributed by atoms with van der Waals surface area (Å²) >= 11 is 5.85. The van der Waals surface area contributed by atoms with Crippen LogP contribution in [0.2, 0.25) is 5.02 Å². The zero-order valence-corrected chi connectivity index (χ0v) is 15.6. The molecule has 2 aromatic rings. The van der Waals surface area contributed by atoms with E-state index >= 15 is 0 Å². The van der Waals surface area contributed by atoms with E-state index in [1.54, 1.807) is 38.1 Å². The number of carbonyl (C=O) groups is 1. The summed E-state index contributed by atoms with van der Waals surface area (Å²) < 4.78 is 32.0. The third-order valence-corrected chi connectivity index (χ3v) is 6.91. The van der Waals surface area contributed by atoms with Gasteiger partial charge in [-0.1, -0.05) is 16.8 Å². The number of nitrogens with zero attached hydrogens (tertiary/aromatic N) is 2. The zero-order chi connectivity index (χ0) is 18.2. The Bertz CT molecular complexity index is 862. The SMILES string of the molecule is Cc1noc(C)c1S(=O)(=O)N1CCC(C(=O)c2ccc(Cl)cc2)CC1. The predicted octanol–water partition coefficient (Wildman–Crippen LogP) is 3.23. The van der Waals surface area contributed by atoms with Crippen molar-refractivity contribution in [2.24, 2.45) is 5.92 Å². The molecular weight excluding hydrogens is 364 g/mol. The Morgan fingerprint density at radius 2 is 1.80 bits per heavy atom. The number of aryl methyl sites for hydroxylation is 2. The Labute approximate surface area is 151 Å². The van der Waals surface area contributed by atoms with Crippen LogP contribution < -0.4 is 0 Å². The molecule has 0 aliphatic carbocycles. The van der Waals surface area contributed by atoms with Gasteiger partial charge in [0.1, 0.15) is 10.6 Å². The summed E-state index contributed by atoms with van der Waals surface area (Å²) in [6.07, 6.45) is 0.980. The summed E-state index contributed by atoms with van der Waals surface area (Å²) in [6, 6.07) is 6.78. The molecule has 6 nitrogen and oxygen atoms in total. The zero-order valence-electron chi connectivity index (χ0n) is 14.0. The quantitative estimate of drug-likeness (QED) is 0.758. The standard InChI is InChI=1S/C17H19ClN2O4S/c1-11-17(12(2)24-19-11)25(22,23)20-9-7-14(8-10-20)16(21)13-3-5-15(18)6-4-13/h3-6,14H,7-10H2,1-2H3. The van der Waals surface area contributed by atoms with E-state index in [0.29, 0.717) is 42.2 Å². The molecule has 3 rings (SSSR count). The number of hydrogen-bond acceptors (Lipinski definition) is 5. The number of aromatic nitrogens is 1. The first-order valence-electron chi connectivity index (χ1n) is 8.03. The molecule has 8 heteroatoms. The van der Waals surface area contributed by atoms with Gasteiger partial charge in [0.15, 0.2) is 11.5 Å². The van der Waals surface area contributed by atoms with Gasteiger partial charge in [0.05, 0.1) is 0 Å². The summed E-state index contributed by atoms with van der Waals surface area (Å²) in [5.41, 5.74) is 0.966. The van der Waals surface area contributed by atoms with Gasteiger partial charge < -0.3 is 4.52 Å². The fourth-order valence-corrected chi connectivity index (χ4v) is 5.07. The second kappa shape index (κ2) is 6.90. The van der Waals surface area contributed by atoms with E-state index in [0.717, 1.165) is 0 Å². The summed E-state index contributed by atoms with van der Waals surface area (Å²) in [6.45, 7) is 3.80. The van der Waals surface area contributed by atoms with Crippen LogP contribution in [0.1, 0.15) is 34.7 Å². The maximum absolute atomic E-state index is 12.8. The molecular formula is C17H19ClN2O4S. The first-order chi connectivity index (χ1) is 11.8. The third kappa shape index (κ3) is 3.49. The minimum atomic E-state index is -3.65. The molecule has 0 spiro atoms. The summed E-state index contributed by atoms with van der Waals surface area (Å²) in [5, 5.41) is 4.30. The van der Waals surface area contributed by atoms with E-state index < -0.39 is 10.0 Å². The molecule has 1 aromatic heterocycles. The minimum Gasteiger partial charge on any atom is -0.360 e. The lowest BCUT2D eigenvalue weighted by atomic mass is 9.90. The van der Waals surface area contributed by atoms with Crippen LogP contribution in [0.15, 0.2) is 33.7 Å². The number of sulfonamides is 1. The molecule has 0 amide bonds. The van der Waals surface area contributed by atoms with Crippen LogP contribution in [0.3, 0.4) is 0 Å². The number of Topliss-reactive ketones (excluding diaryl/α,β-unsaturated/α-hetero) is 1. The van der Waals surface area contributed by atoms with E-state index in [4.69, 9.17) is 16.1 Å². The molecule has 1 fully saturated rings. The van der Waals surface area contributed by atoms with E-state index in [2.05, 4.69) is 5.16 Å². The van der Waals surface area contributed by atoms with Gasteiger partial charge in [-0.05, 0) is 51.0 Å². The predicted molar refractivity (Wildman–Crippen MR) is 93.2 cm³/mol. The fourth-order valence-electron chi connectivity index (χ4n) is 3.18. The van der Waals surface area contributed by atoms with Crippen LogP contribution in [0.25, 0.3) is 0 Å². The molecule has 0 bridgehead atoms. The van der Waals surface area contributed by atoms with Crippen molar-refractivity contribution in [2.75, 3.05) is 13.1 Å². The van der Waals surface area contributed by atoms with E-state index in [1.165, 1.54) is 4.31 Å². The lowest BCUT2D eigenvalue weighted by molar-refractivity contribution is 0.0875. The lowest BCUT2D eigenvalue weighted by Crippen LogP contribution is -2.40.